The third kappa shape index (κ3) is 4.31. The van der Waals surface area contributed by atoms with Crippen molar-refractivity contribution in [1.29, 1.82) is 0 Å². The number of hydrogen-bond donors (Lipinski definition) is 0. The molecule has 0 saturated heterocycles. The molecule has 148 valence electrons. The lowest BCUT2D eigenvalue weighted by molar-refractivity contribution is -0.137. The van der Waals surface area contributed by atoms with E-state index in [1.165, 1.54) is 17.7 Å². The van der Waals surface area contributed by atoms with Crippen molar-refractivity contribution >= 4 is 5.91 Å². The van der Waals surface area contributed by atoms with Crippen molar-refractivity contribution in [2.45, 2.75) is 25.6 Å². The number of fused-ring (bicyclic) bond motifs is 1. The van der Waals surface area contributed by atoms with E-state index in [0.29, 0.717) is 13.1 Å². The van der Waals surface area contributed by atoms with Gasteiger partial charge in [-0.3, -0.25) is 9.78 Å². The largest absolute Gasteiger partial charge is 0.416 e. The minimum Gasteiger partial charge on any atom is -0.338 e. The Morgan fingerprint density at radius 1 is 0.966 bits per heavy atom. The average molecular weight is 396 g/mol. The van der Waals surface area contributed by atoms with Crippen molar-refractivity contribution in [2.24, 2.45) is 0 Å². The molecule has 1 amide bonds. The van der Waals surface area contributed by atoms with Crippen molar-refractivity contribution in [2.75, 3.05) is 6.54 Å². The van der Waals surface area contributed by atoms with Gasteiger partial charge in [-0.25, -0.2) is 0 Å². The number of nitrogens with zero attached hydrogens (tertiary/aromatic N) is 2. The molecule has 4 rings (SSSR count). The van der Waals surface area contributed by atoms with E-state index in [0.717, 1.165) is 40.9 Å². The van der Waals surface area contributed by atoms with Crippen molar-refractivity contribution in [3.8, 4) is 11.1 Å². The molecule has 2 heterocycles. The molecule has 0 N–H and O–H groups in total. The maximum absolute atomic E-state index is 12.8. The SMILES string of the molecule is O=C(Cc1ccccn1)N1CCc2ccc(-c3ccc(C(F)(F)F)cc3)cc2C1. The van der Waals surface area contributed by atoms with Gasteiger partial charge in [0.05, 0.1) is 12.0 Å². The molecule has 0 unspecified atom stereocenters. The summed E-state index contributed by atoms with van der Waals surface area (Å²) in [5.74, 6) is 0.0225. The lowest BCUT2D eigenvalue weighted by Gasteiger charge is -2.29. The molecular weight excluding hydrogens is 377 g/mol. The van der Waals surface area contributed by atoms with Crippen LogP contribution in [0, 0.1) is 0 Å². The molecule has 0 spiro atoms. The first-order chi connectivity index (χ1) is 13.9. The second-order valence-corrected chi connectivity index (χ2v) is 7.12. The van der Waals surface area contributed by atoms with Crippen molar-refractivity contribution in [1.82, 2.24) is 9.88 Å². The molecule has 0 radical (unpaired) electrons. The second kappa shape index (κ2) is 7.70. The Balaban J connectivity index is 1.52. The van der Waals surface area contributed by atoms with Gasteiger partial charge >= 0.3 is 6.18 Å². The Morgan fingerprint density at radius 2 is 1.72 bits per heavy atom. The number of alkyl halides is 3. The number of carbonyl (C=O) groups is 1. The lowest BCUT2D eigenvalue weighted by atomic mass is 9.94. The molecule has 3 aromatic rings. The zero-order chi connectivity index (χ0) is 20.4. The molecule has 1 aromatic heterocycles. The molecule has 0 atom stereocenters. The van der Waals surface area contributed by atoms with E-state index in [9.17, 15) is 18.0 Å². The van der Waals surface area contributed by atoms with Gasteiger partial charge in [0.15, 0.2) is 0 Å². The number of halogens is 3. The molecule has 2 aromatic carbocycles. The van der Waals surface area contributed by atoms with Crippen LogP contribution in [0.4, 0.5) is 13.2 Å². The second-order valence-electron chi connectivity index (χ2n) is 7.12. The summed E-state index contributed by atoms with van der Waals surface area (Å²) in [6.07, 6.45) is -1.65. The van der Waals surface area contributed by atoms with Gasteiger partial charge in [0.1, 0.15) is 0 Å². The van der Waals surface area contributed by atoms with Crippen LogP contribution in [0.3, 0.4) is 0 Å². The highest BCUT2D eigenvalue weighted by Gasteiger charge is 2.30. The fourth-order valence-electron chi connectivity index (χ4n) is 3.57. The van der Waals surface area contributed by atoms with Crippen LogP contribution < -0.4 is 0 Å². The van der Waals surface area contributed by atoms with Gasteiger partial charge in [0.2, 0.25) is 5.91 Å². The molecule has 3 nitrogen and oxygen atoms in total. The van der Waals surface area contributed by atoms with E-state index in [4.69, 9.17) is 0 Å². The number of hydrogen-bond acceptors (Lipinski definition) is 2. The van der Waals surface area contributed by atoms with Gasteiger partial charge < -0.3 is 4.90 Å². The van der Waals surface area contributed by atoms with Crippen molar-refractivity contribution < 1.29 is 18.0 Å². The fraction of sp³-hybridized carbons (Fsp3) is 0.217. The Hall–Kier alpha value is -3.15. The van der Waals surface area contributed by atoms with Crippen LogP contribution in [0.15, 0.2) is 66.9 Å². The van der Waals surface area contributed by atoms with Crippen LogP contribution in [0.2, 0.25) is 0 Å². The number of amides is 1. The molecular formula is C23H19F3N2O. The Kier molecular flexibility index (Phi) is 5.09. The summed E-state index contributed by atoms with van der Waals surface area (Å²) in [4.78, 5) is 18.7. The van der Waals surface area contributed by atoms with E-state index in [1.807, 2.05) is 41.3 Å². The Bertz CT molecular complexity index is 1010. The molecule has 1 aliphatic heterocycles. The molecule has 29 heavy (non-hydrogen) atoms. The first kappa shape index (κ1) is 19.2. The zero-order valence-electron chi connectivity index (χ0n) is 15.6. The summed E-state index contributed by atoms with van der Waals surface area (Å²) in [5.41, 5.74) is 3.84. The number of rotatable bonds is 3. The topological polar surface area (TPSA) is 33.2 Å². The Morgan fingerprint density at radius 3 is 2.41 bits per heavy atom. The van der Waals surface area contributed by atoms with Crippen LogP contribution in [0.25, 0.3) is 11.1 Å². The van der Waals surface area contributed by atoms with Gasteiger partial charge in [-0.05, 0) is 59.0 Å². The van der Waals surface area contributed by atoms with Crippen LogP contribution in [-0.4, -0.2) is 22.3 Å². The van der Waals surface area contributed by atoms with E-state index >= 15 is 0 Å². The highest BCUT2D eigenvalue weighted by molar-refractivity contribution is 5.79. The van der Waals surface area contributed by atoms with Crippen LogP contribution in [0.5, 0.6) is 0 Å². The third-order valence-corrected chi connectivity index (χ3v) is 5.18. The molecule has 1 aliphatic rings. The predicted octanol–water partition coefficient (Wildman–Crippen LogP) is 4.89. The summed E-state index contributed by atoms with van der Waals surface area (Å²) in [5, 5.41) is 0. The minimum absolute atomic E-state index is 0.0225. The van der Waals surface area contributed by atoms with Crippen LogP contribution >= 0.6 is 0 Å². The molecule has 0 fully saturated rings. The minimum atomic E-state index is -4.34. The standard InChI is InChI=1S/C23H19F3N2O/c24-23(25,26)20-8-6-16(7-9-20)18-5-4-17-10-12-28(15-19(17)13-18)22(29)14-21-3-1-2-11-27-21/h1-9,11,13H,10,12,14-15H2. The summed E-state index contributed by atoms with van der Waals surface area (Å²) in [7, 11) is 0. The van der Waals surface area contributed by atoms with Gasteiger partial charge in [0, 0.05) is 25.0 Å². The highest BCUT2D eigenvalue weighted by atomic mass is 19.4. The van der Waals surface area contributed by atoms with Gasteiger partial charge in [-0.1, -0.05) is 30.3 Å². The maximum atomic E-state index is 12.8. The van der Waals surface area contributed by atoms with E-state index < -0.39 is 11.7 Å². The number of pyridine rings is 1. The number of carbonyl (C=O) groups excluding carboxylic acids is 1. The van der Waals surface area contributed by atoms with Crippen molar-refractivity contribution in [3.63, 3.8) is 0 Å². The van der Waals surface area contributed by atoms with Crippen LogP contribution in [-0.2, 0) is 30.4 Å². The van der Waals surface area contributed by atoms with E-state index in [2.05, 4.69) is 4.98 Å². The van der Waals surface area contributed by atoms with Gasteiger partial charge in [0.25, 0.3) is 0 Å². The summed E-state index contributed by atoms with van der Waals surface area (Å²) < 4.78 is 38.3. The first-order valence-electron chi connectivity index (χ1n) is 9.37. The molecule has 0 saturated carbocycles. The van der Waals surface area contributed by atoms with E-state index in [1.54, 1.807) is 6.20 Å². The number of benzene rings is 2. The number of aromatic nitrogens is 1. The lowest BCUT2D eigenvalue weighted by Crippen LogP contribution is -2.37. The summed E-state index contributed by atoms with van der Waals surface area (Å²) in [6, 6.07) is 16.6. The molecule has 0 aliphatic carbocycles. The summed E-state index contributed by atoms with van der Waals surface area (Å²) in [6.45, 7) is 1.15. The third-order valence-electron chi connectivity index (χ3n) is 5.18. The fourth-order valence-corrected chi connectivity index (χ4v) is 3.57. The molecule has 6 heteroatoms. The first-order valence-corrected chi connectivity index (χ1v) is 9.37. The smallest absolute Gasteiger partial charge is 0.338 e. The zero-order valence-corrected chi connectivity index (χ0v) is 15.6. The van der Waals surface area contributed by atoms with Crippen LogP contribution in [0.1, 0.15) is 22.4 Å². The maximum Gasteiger partial charge on any atom is 0.416 e. The van der Waals surface area contributed by atoms with Crippen molar-refractivity contribution in [3.05, 3.63) is 89.2 Å². The normalized spacial score (nSPS) is 13.8. The van der Waals surface area contributed by atoms with Gasteiger partial charge in [-0.2, -0.15) is 13.2 Å². The Labute approximate surface area is 166 Å². The highest BCUT2D eigenvalue weighted by Crippen LogP contribution is 2.32. The monoisotopic (exact) mass is 396 g/mol. The van der Waals surface area contributed by atoms with E-state index in [-0.39, 0.29) is 12.3 Å². The average Bonchev–Trinajstić information content (AvgIpc) is 2.73. The quantitative estimate of drug-likeness (QED) is 0.631. The predicted molar refractivity (Wildman–Crippen MR) is 104 cm³/mol. The molecule has 0 bridgehead atoms. The summed E-state index contributed by atoms with van der Waals surface area (Å²) >= 11 is 0. The van der Waals surface area contributed by atoms with Gasteiger partial charge in [-0.15, -0.1) is 0 Å².